The van der Waals surface area contributed by atoms with E-state index in [0.29, 0.717) is 0 Å². The van der Waals surface area contributed by atoms with Crippen LogP contribution in [0.4, 0.5) is 0 Å². The van der Waals surface area contributed by atoms with Crippen molar-refractivity contribution in [3.05, 3.63) is 74.8 Å². The Bertz CT molecular complexity index is 1610. The van der Waals surface area contributed by atoms with Gasteiger partial charge in [0.05, 0.1) is 12.0 Å². The number of hydrogen-bond acceptors (Lipinski definition) is 14. The number of aliphatic hydroxyl groups is 3. The van der Waals surface area contributed by atoms with E-state index >= 15 is 0 Å². The summed E-state index contributed by atoms with van der Waals surface area (Å²) < 4.78 is 27.3. The second-order valence-corrected chi connectivity index (χ2v) is 10.2. The molecule has 0 saturated carbocycles. The Morgan fingerprint density at radius 3 is 2.42 bits per heavy atom. The highest BCUT2D eigenvalue weighted by molar-refractivity contribution is 6.04. The largest absolute Gasteiger partial charge is 0.508 e. The number of phenolic OH excluding ortho intramolecular Hbond substituents is 3. The standard InChI is InChI=1S/C29H28O14/c1-11-22(34)21-17(32)8-18(15-7-14(30)4-5-16(15)31)41-27(21)12(2)26(11)43-29-25(37)24(36)23(35)19(42-29)10-40-28(38)13-3-6-20(33)39-9-13/h3-7,9,18-19,23-25,29-31,34-37H,8,10H2,1-2H3/t18-,19+,23+,24-,25+,29-/m0/s1. The van der Waals surface area contributed by atoms with Gasteiger partial charge in [0, 0.05) is 22.8 Å². The van der Waals surface area contributed by atoms with E-state index in [0.717, 1.165) is 12.3 Å². The third kappa shape index (κ3) is 5.60. The van der Waals surface area contributed by atoms with E-state index in [4.69, 9.17) is 18.9 Å². The summed E-state index contributed by atoms with van der Waals surface area (Å²) in [6.07, 6.45) is -8.73. The lowest BCUT2D eigenvalue weighted by atomic mass is 9.91. The van der Waals surface area contributed by atoms with Crippen LogP contribution in [0.2, 0.25) is 0 Å². The number of Topliss-reactive ketones (excluding diaryl/α,β-unsaturated/α-hetero) is 1. The summed E-state index contributed by atoms with van der Waals surface area (Å²) in [7, 11) is 0. The van der Waals surface area contributed by atoms with Crippen molar-refractivity contribution in [3.8, 4) is 28.7 Å². The van der Waals surface area contributed by atoms with E-state index in [2.05, 4.69) is 4.42 Å². The van der Waals surface area contributed by atoms with Crippen molar-refractivity contribution < 1.29 is 63.6 Å². The number of carbonyl (C=O) groups is 2. The molecule has 3 aromatic rings. The number of ketones is 1. The van der Waals surface area contributed by atoms with E-state index in [9.17, 15) is 45.0 Å². The minimum absolute atomic E-state index is 0.0760. The first kappa shape index (κ1) is 29.8. The van der Waals surface area contributed by atoms with Crippen LogP contribution in [0.3, 0.4) is 0 Å². The minimum atomic E-state index is -1.81. The topological polar surface area (TPSA) is 223 Å². The van der Waals surface area contributed by atoms with Crippen LogP contribution in [-0.2, 0) is 9.47 Å². The molecule has 1 aromatic heterocycles. The molecular formula is C29H28O14. The maximum Gasteiger partial charge on any atom is 0.341 e. The van der Waals surface area contributed by atoms with Crippen LogP contribution in [0.25, 0.3) is 0 Å². The molecule has 0 unspecified atom stereocenters. The highest BCUT2D eigenvalue weighted by Crippen LogP contribution is 2.49. The minimum Gasteiger partial charge on any atom is -0.508 e. The van der Waals surface area contributed by atoms with Crippen LogP contribution < -0.4 is 15.1 Å². The van der Waals surface area contributed by atoms with Gasteiger partial charge in [-0.3, -0.25) is 4.79 Å². The Kier molecular flexibility index (Phi) is 8.03. The average Bonchev–Trinajstić information content (AvgIpc) is 2.98. The fourth-order valence-electron chi connectivity index (χ4n) is 4.97. The van der Waals surface area contributed by atoms with Crippen LogP contribution in [0, 0.1) is 13.8 Å². The lowest BCUT2D eigenvalue weighted by Crippen LogP contribution is -2.60. The Morgan fingerprint density at radius 1 is 0.977 bits per heavy atom. The summed E-state index contributed by atoms with van der Waals surface area (Å²) >= 11 is 0. The molecule has 0 aliphatic carbocycles. The third-order valence-electron chi connectivity index (χ3n) is 7.33. The summed E-state index contributed by atoms with van der Waals surface area (Å²) in [4.78, 5) is 36.5. The molecule has 43 heavy (non-hydrogen) atoms. The molecule has 1 saturated heterocycles. The van der Waals surface area contributed by atoms with Gasteiger partial charge in [-0.2, -0.15) is 0 Å². The van der Waals surface area contributed by atoms with Gasteiger partial charge in [-0.05, 0) is 38.1 Å². The zero-order valence-electron chi connectivity index (χ0n) is 22.8. The Hall–Kier alpha value is -4.63. The molecule has 228 valence electrons. The van der Waals surface area contributed by atoms with Gasteiger partial charge in [0.1, 0.15) is 77.7 Å². The van der Waals surface area contributed by atoms with Gasteiger partial charge in [-0.25, -0.2) is 9.59 Å². The van der Waals surface area contributed by atoms with Crippen molar-refractivity contribution in [3.63, 3.8) is 0 Å². The predicted octanol–water partition coefficient (Wildman–Crippen LogP) is 1.12. The molecule has 0 amide bonds. The maximum absolute atomic E-state index is 13.1. The number of fused-ring (bicyclic) bond motifs is 1. The van der Waals surface area contributed by atoms with Gasteiger partial charge < -0.3 is 54.0 Å². The molecule has 2 aliphatic rings. The molecule has 0 radical (unpaired) electrons. The number of rotatable bonds is 6. The van der Waals surface area contributed by atoms with Crippen molar-refractivity contribution >= 4 is 11.8 Å². The summed E-state index contributed by atoms with van der Waals surface area (Å²) in [5.41, 5.74) is -0.480. The number of ether oxygens (including phenoxy) is 4. The molecule has 5 rings (SSSR count). The normalized spacial score (nSPS) is 25.0. The quantitative estimate of drug-likeness (QED) is 0.172. The van der Waals surface area contributed by atoms with Crippen molar-refractivity contribution in [2.24, 2.45) is 0 Å². The number of benzene rings is 2. The van der Waals surface area contributed by atoms with Gasteiger partial charge in [-0.15, -0.1) is 0 Å². The van der Waals surface area contributed by atoms with Gasteiger partial charge >= 0.3 is 11.6 Å². The molecular weight excluding hydrogens is 572 g/mol. The lowest BCUT2D eigenvalue weighted by Gasteiger charge is -2.40. The highest BCUT2D eigenvalue weighted by atomic mass is 16.7. The van der Waals surface area contributed by atoms with Gasteiger partial charge in [0.15, 0.2) is 5.78 Å². The lowest BCUT2D eigenvalue weighted by molar-refractivity contribution is -0.277. The summed E-state index contributed by atoms with van der Waals surface area (Å²) in [5.74, 6) is -2.43. The van der Waals surface area contributed by atoms with Crippen molar-refractivity contribution in [2.45, 2.75) is 57.1 Å². The molecule has 6 atom stereocenters. The maximum atomic E-state index is 13.1. The van der Waals surface area contributed by atoms with E-state index in [1.807, 2.05) is 0 Å². The van der Waals surface area contributed by atoms with Crippen molar-refractivity contribution in [1.82, 2.24) is 0 Å². The third-order valence-corrected chi connectivity index (χ3v) is 7.33. The summed E-state index contributed by atoms with van der Waals surface area (Å²) in [6.45, 7) is 2.36. The zero-order valence-corrected chi connectivity index (χ0v) is 22.8. The first-order valence-corrected chi connectivity index (χ1v) is 13.1. The van der Waals surface area contributed by atoms with E-state index in [-0.39, 0.29) is 57.2 Å². The SMILES string of the molecule is Cc1c(O)c2c(c(C)c1O[C@@H]1O[C@H](COC(=O)c3ccc(=O)oc3)[C@@H](O)[C@H](O)[C@H]1O)O[C@H](c1cc(O)ccc1O)CC2=O. The fourth-order valence-corrected chi connectivity index (χ4v) is 4.97. The van der Waals surface area contributed by atoms with E-state index < -0.39 is 66.5 Å². The van der Waals surface area contributed by atoms with Crippen LogP contribution in [0.15, 0.2) is 45.8 Å². The first-order valence-electron chi connectivity index (χ1n) is 13.1. The fraction of sp³-hybridized carbons (Fsp3) is 0.345. The molecule has 2 aromatic carbocycles. The zero-order chi connectivity index (χ0) is 31.2. The smallest absolute Gasteiger partial charge is 0.341 e. The molecule has 14 heteroatoms. The van der Waals surface area contributed by atoms with Crippen LogP contribution in [0.1, 0.15) is 49.9 Å². The predicted molar refractivity (Wildman–Crippen MR) is 142 cm³/mol. The van der Waals surface area contributed by atoms with Crippen LogP contribution in [-0.4, -0.2) is 79.7 Å². The molecule has 2 aliphatic heterocycles. The number of phenols is 3. The Balaban J connectivity index is 1.40. The number of esters is 1. The van der Waals surface area contributed by atoms with Gasteiger partial charge in [-0.1, -0.05) is 0 Å². The molecule has 3 heterocycles. The van der Waals surface area contributed by atoms with Gasteiger partial charge in [0.2, 0.25) is 6.29 Å². The second kappa shape index (κ2) is 11.6. The summed E-state index contributed by atoms with van der Waals surface area (Å²) in [5, 5.41) is 62.7. The molecule has 0 bridgehead atoms. The molecule has 6 N–H and O–H groups in total. The van der Waals surface area contributed by atoms with Gasteiger partial charge in [0.25, 0.3) is 0 Å². The van der Waals surface area contributed by atoms with Crippen LogP contribution >= 0.6 is 0 Å². The van der Waals surface area contributed by atoms with E-state index in [1.54, 1.807) is 0 Å². The van der Waals surface area contributed by atoms with Crippen molar-refractivity contribution in [1.29, 1.82) is 0 Å². The first-order chi connectivity index (χ1) is 20.4. The van der Waals surface area contributed by atoms with Crippen LogP contribution in [0.5, 0.6) is 28.7 Å². The number of aromatic hydroxyl groups is 3. The second-order valence-electron chi connectivity index (χ2n) is 10.2. The molecule has 14 nitrogen and oxygen atoms in total. The Morgan fingerprint density at radius 2 is 1.72 bits per heavy atom. The van der Waals surface area contributed by atoms with Crippen molar-refractivity contribution in [2.75, 3.05) is 6.61 Å². The number of carbonyl (C=O) groups excluding carboxylic acids is 2. The van der Waals surface area contributed by atoms with E-state index in [1.165, 1.54) is 38.1 Å². The number of hydrogen-bond donors (Lipinski definition) is 6. The molecule has 1 fully saturated rings. The monoisotopic (exact) mass is 600 g/mol. The summed E-state index contributed by atoms with van der Waals surface area (Å²) in [6, 6.07) is 5.94. The average molecular weight is 601 g/mol. The number of aliphatic hydroxyl groups excluding tert-OH is 3. The highest BCUT2D eigenvalue weighted by Gasteiger charge is 2.46. The molecule has 0 spiro atoms. The Labute approximate surface area is 242 Å².